The minimum Gasteiger partial charge on any atom is -0.322 e. The molecule has 1 N–H and O–H groups in total. The smallest absolute Gasteiger partial charge is 0.261 e. The van der Waals surface area contributed by atoms with Gasteiger partial charge in [0.2, 0.25) is 5.91 Å². The molecule has 3 aromatic rings. The predicted octanol–water partition coefficient (Wildman–Crippen LogP) is 2.75. The number of carbonyl (C=O) groups excluding carboxylic acids is 3. The molecule has 0 radical (unpaired) electrons. The Morgan fingerprint density at radius 2 is 1.79 bits per heavy atom. The normalized spacial score (nSPS) is 13.2. The van der Waals surface area contributed by atoms with Crippen molar-refractivity contribution in [1.29, 1.82) is 0 Å². The van der Waals surface area contributed by atoms with Gasteiger partial charge < -0.3 is 5.32 Å². The zero-order chi connectivity index (χ0) is 19.7. The van der Waals surface area contributed by atoms with Crippen LogP contribution in [0.3, 0.4) is 0 Å². The van der Waals surface area contributed by atoms with Crippen molar-refractivity contribution in [2.24, 2.45) is 0 Å². The highest BCUT2D eigenvalue weighted by Gasteiger charge is 2.32. The number of aromatic nitrogens is 2. The first-order valence-corrected chi connectivity index (χ1v) is 8.58. The van der Waals surface area contributed by atoms with E-state index in [1.54, 1.807) is 29.1 Å². The Hall–Kier alpha value is -4.00. The highest BCUT2D eigenvalue weighted by Crippen LogP contribution is 2.24. The summed E-state index contributed by atoms with van der Waals surface area (Å²) in [6, 6.07) is 14.3. The third-order valence-electron chi connectivity index (χ3n) is 4.41. The topological polar surface area (TPSA) is 84.3 Å². The highest BCUT2D eigenvalue weighted by molar-refractivity contribution is 6.21. The van der Waals surface area contributed by atoms with Crippen LogP contribution in [0.1, 0.15) is 26.3 Å². The van der Waals surface area contributed by atoms with E-state index in [-0.39, 0.29) is 17.7 Å². The van der Waals surface area contributed by atoms with Crippen molar-refractivity contribution in [3.63, 3.8) is 0 Å². The van der Waals surface area contributed by atoms with Crippen molar-refractivity contribution in [3.8, 4) is 5.69 Å². The molecule has 4 rings (SSSR count). The van der Waals surface area contributed by atoms with Crippen LogP contribution in [0.25, 0.3) is 11.8 Å². The van der Waals surface area contributed by atoms with Crippen molar-refractivity contribution in [2.75, 3.05) is 12.4 Å². The lowest BCUT2D eigenvalue weighted by Gasteiger charge is -2.03. The fourth-order valence-corrected chi connectivity index (χ4v) is 2.94. The molecule has 0 unspecified atom stereocenters. The van der Waals surface area contributed by atoms with Gasteiger partial charge in [-0.2, -0.15) is 5.10 Å². The van der Waals surface area contributed by atoms with Crippen LogP contribution in [0.4, 0.5) is 5.69 Å². The summed E-state index contributed by atoms with van der Waals surface area (Å²) in [5, 5.41) is 6.97. The number of imide groups is 1. The SMILES string of the molecule is CN1C(=O)c2ccc(NC(=O)/C=C/c3cnn(-c4ccccc4)c3)cc2C1=O. The summed E-state index contributed by atoms with van der Waals surface area (Å²) in [7, 11) is 1.43. The average molecular weight is 372 g/mol. The molecule has 0 aliphatic carbocycles. The predicted molar refractivity (Wildman–Crippen MR) is 104 cm³/mol. The second-order valence-electron chi connectivity index (χ2n) is 6.31. The number of nitrogens with zero attached hydrogens (tertiary/aromatic N) is 3. The summed E-state index contributed by atoms with van der Waals surface area (Å²) in [5.41, 5.74) is 2.78. The van der Waals surface area contributed by atoms with Crippen molar-refractivity contribution in [3.05, 3.63) is 83.7 Å². The number of rotatable bonds is 4. The standard InChI is InChI=1S/C21H16N4O3/c1-24-20(27)17-9-8-15(11-18(17)21(24)28)23-19(26)10-7-14-12-22-25(13-14)16-5-3-2-4-6-16/h2-13H,1H3,(H,23,26)/b10-7+. The summed E-state index contributed by atoms with van der Waals surface area (Å²) in [6.07, 6.45) is 6.51. The second-order valence-corrected chi connectivity index (χ2v) is 6.31. The van der Waals surface area contributed by atoms with Gasteiger partial charge in [0.15, 0.2) is 0 Å². The number of amides is 3. The number of para-hydroxylation sites is 1. The van der Waals surface area contributed by atoms with Gasteiger partial charge in [-0.15, -0.1) is 0 Å². The summed E-state index contributed by atoms with van der Waals surface area (Å²) in [6.45, 7) is 0. The zero-order valence-electron chi connectivity index (χ0n) is 15.0. The third-order valence-corrected chi connectivity index (χ3v) is 4.41. The molecule has 2 heterocycles. The van der Waals surface area contributed by atoms with Gasteiger partial charge in [0, 0.05) is 30.6 Å². The van der Waals surface area contributed by atoms with E-state index in [9.17, 15) is 14.4 Å². The molecule has 0 fully saturated rings. The van der Waals surface area contributed by atoms with Crippen LogP contribution in [0.2, 0.25) is 0 Å². The number of hydrogen-bond donors (Lipinski definition) is 1. The zero-order valence-corrected chi connectivity index (χ0v) is 15.0. The summed E-state index contributed by atoms with van der Waals surface area (Å²) in [4.78, 5) is 37.2. The van der Waals surface area contributed by atoms with Crippen molar-refractivity contribution >= 4 is 29.5 Å². The van der Waals surface area contributed by atoms with E-state index >= 15 is 0 Å². The van der Waals surface area contributed by atoms with Gasteiger partial charge in [0.05, 0.1) is 23.0 Å². The van der Waals surface area contributed by atoms with Crippen LogP contribution >= 0.6 is 0 Å². The van der Waals surface area contributed by atoms with Crippen LogP contribution in [-0.4, -0.2) is 39.4 Å². The van der Waals surface area contributed by atoms with E-state index in [0.29, 0.717) is 16.8 Å². The van der Waals surface area contributed by atoms with Gasteiger partial charge in [0.1, 0.15) is 0 Å². The van der Waals surface area contributed by atoms with Crippen LogP contribution in [0.15, 0.2) is 67.0 Å². The van der Waals surface area contributed by atoms with E-state index in [1.165, 1.54) is 19.2 Å². The molecule has 28 heavy (non-hydrogen) atoms. The van der Waals surface area contributed by atoms with E-state index < -0.39 is 0 Å². The largest absolute Gasteiger partial charge is 0.322 e. The summed E-state index contributed by atoms with van der Waals surface area (Å²) in [5.74, 6) is -1.06. The molecule has 1 aliphatic heterocycles. The Bertz CT molecular complexity index is 1120. The quantitative estimate of drug-likeness (QED) is 0.564. The molecular weight excluding hydrogens is 356 g/mol. The van der Waals surface area contributed by atoms with Crippen LogP contribution in [0, 0.1) is 0 Å². The molecule has 0 spiro atoms. The second kappa shape index (κ2) is 6.96. The van der Waals surface area contributed by atoms with Gasteiger partial charge in [-0.25, -0.2) is 4.68 Å². The third kappa shape index (κ3) is 3.21. The Kier molecular flexibility index (Phi) is 4.33. The van der Waals surface area contributed by atoms with Gasteiger partial charge >= 0.3 is 0 Å². The van der Waals surface area contributed by atoms with Crippen molar-refractivity contribution < 1.29 is 14.4 Å². The number of carbonyl (C=O) groups is 3. The van der Waals surface area contributed by atoms with Gasteiger partial charge in [-0.1, -0.05) is 18.2 Å². The molecule has 7 heteroatoms. The van der Waals surface area contributed by atoms with E-state index in [2.05, 4.69) is 10.4 Å². The molecule has 138 valence electrons. The molecule has 1 aromatic heterocycles. The lowest BCUT2D eigenvalue weighted by Crippen LogP contribution is -2.24. The Balaban J connectivity index is 1.45. The molecule has 7 nitrogen and oxygen atoms in total. The molecular formula is C21H16N4O3. The maximum absolute atomic E-state index is 12.2. The van der Waals surface area contributed by atoms with Gasteiger partial charge in [-0.3, -0.25) is 19.3 Å². The molecule has 2 aromatic carbocycles. The van der Waals surface area contributed by atoms with Crippen LogP contribution in [-0.2, 0) is 4.79 Å². The van der Waals surface area contributed by atoms with E-state index in [1.807, 2.05) is 36.5 Å². The molecule has 0 saturated heterocycles. The van der Waals surface area contributed by atoms with E-state index in [0.717, 1.165) is 16.2 Å². The minimum atomic E-state index is -0.375. The maximum Gasteiger partial charge on any atom is 0.261 e. The van der Waals surface area contributed by atoms with E-state index in [4.69, 9.17) is 0 Å². The van der Waals surface area contributed by atoms with Crippen LogP contribution in [0.5, 0.6) is 0 Å². The first-order valence-electron chi connectivity index (χ1n) is 8.58. The molecule has 0 bridgehead atoms. The van der Waals surface area contributed by atoms with Gasteiger partial charge in [-0.05, 0) is 36.4 Å². The number of hydrogen-bond acceptors (Lipinski definition) is 4. The first kappa shape index (κ1) is 17.4. The Morgan fingerprint density at radius 1 is 1.04 bits per heavy atom. The molecule has 3 amide bonds. The number of fused-ring (bicyclic) bond motifs is 1. The number of benzene rings is 2. The molecule has 1 aliphatic rings. The summed E-state index contributed by atoms with van der Waals surface area (Å²) < 4.78 is 1.72. The average Bonchev–Trinajstić information content (AvgIpc) is 3.27. The first-order chi connectivity index (χ1) is 13.5. The highest BCUT2D eigenvalue weighted by atomic mass is 16.2. The van der Waals surface area contributed by atoms with Crippen molar-refractivity contribution in [1.82, 2.24) is 14.7 Å². The Labute approximate surface area is 160 Å². The fraction of sp³-hybridized carbons (Fsp3) is 0.0476. The number of anilines is 1. The van der Waals surface area contributed by atoms with Crippen molar-refractivity contribution in [2.45, 2.75) is 0 Å². The lowest BCUT2D eigenvalue weighted by molar-refractivity contribution is -0.111. The van der Waals surface area contributed by atoms with Gasteiger partial charge in [0.25, 0.3) is 11.8 Å². The monoisotopic (exact) mass is 372 g/mol. The molecule has 0 atom stereocenters. The number of nitrogens with one attached hydrogen (secondary N) is 1. The minimum absolute atomic E-state index is 0.290. The Morgan fingerprint density at radius 3 is 2.57 bits per heavy atom. The fourth-order valence-electron chi connectivity index (χ4n) is 2.94. The van der Waals surface area contributed by atoms with Crippen LogP contribution < -0.4 is 5.32 Å². The summed E-state index contributed by atoms with van der Waals surface area (Å²) >= 11 is 0. The lowest BCUT2D eigenvalue weighted by atomic mass is 10.1. The maximum atomic E-state index is 12.2. The molecule has 0 saturated carbocycles.